The van der Waals surface area contributed by atoms with Crippen molar-refractivity contribution in [3.05, 3.63) is 29.3 Å². The average Bonchev–Trinajstić information content (AvgIpc) is 2.34. The Balaban J connectivity index is 2.51. The maximum Gasteiger partial charge on any atom is 0.251 e. The van der Waals surface area contributed by atoms with Crippen LogP contribution in [0, 0.1) is 6.92 Å². The Morgan fingerprint density at radius 1 is 1.39 bits per heavy atom. The van der Waals surface area contributed by atoms with E-state index in [9.17, 15) is 9.00 Å². The molecule has 0 radical (unpaired) electrons. The molecule has 0 aliphatic heterocycles. The molecular weight excluding hydrogens is 248 g/mol. The molecule has 100 valence electrons. The van der Waals surface area contributed by atoms with Gasteiger partial charge in [0.1, 0.15) is 0 Å². The molecule has 1 aromatic rings. The van der Waals surface area contributed by atoms with E-state index >= 15 is 0 Å². The summed E-state index contributed by atoms with van der Waals surface area (Å²) in [5, 5.41) is 5.89. The Bertz CT molecular complexity index is 447. The molecule has 0 saturated heterocycles. The summed E-state index contributed by atoms with van der Waals surface area (Å²) < 4.78 is 10.9. The summed E-state index contributed by atoms with van der Waals surface area (Å²) >= 11 is 0. The highest BCUT2D eigenvalue weighted by atomic mass is 32.2. The summed E-state index contributed by atoms with van der Waals surface area (Å²) in [6.45, 7) is 2.52. The number of nitrogens with one attached hydrogen (secondary N) is 2. The standard InChI is InChI=1S/C13H20N2O2S/c1-10-9-11(5-6-12(10)14-2)13(16)15-7-4-8-18(3)17/h5-6,9,14H,4,7-8H2,1-3H3,(H,15,16). The number of carbonyl (C=O) groups excluding carboxylic acids is 1. The number of anilines is 1. The number of rotatable bonds is 6. The quantitative estimate of drug-likeness (QED) is 0.769. The molecule has 0 heterocycles. The molecule has 0 spiro atoms. The Morgan fingerprint density at radius 2 is 2.11 bits per heavy atom. The second kappa shape index (κ2) is 7.16. The fourth-order valence-electron chi connectivity index (χ4n) is 1.66. The van der Waals surface area contributed by atoms with E-state index in [4.69, 9.17) is 0 Å². The van der Waals surface area contributed by atoms with Gasteiger partial charge in [-0.2, -0.15) is 0 Å². The third kappa shape index (κ3) is 4.49. The van der Waals surface area contributed by atoms with E-state index in [-0.39, 0.29) is 5.91 Å². The van der Waals surface area contributed by atoms with Crippen LogP contribution in [-0.4, -0.2) is 35.7 Å². The number of amides is 1. The van der Waals surface area contributed by atoms with Crippen molar-refractivity contribution in [2.75, 3.05) is 30.9 Å². The van der Waals surface area contributed by atoms with Crippen LogP contribution in [0.2, 0.25) is 0 Å². The second-order valence-electron chi connectivity index (χ2n) is 4.17. The number of hydrogen-bond donors (Lipinski definition) is 2. The van der Waals surface area contributed by atoms with E-state index in [2.05, 4.69) is 10.6 Å². The lowest BCUT2D eigenvalue weighted by atomic mass is 10.1. The maximum atomic E-state index is 11.8. The molecule has 0 aliphatic carbocycles. The highest BCUT2D eigenvalue weighted by molar-refractivity contribution is 7.84. The monoisotopic (exact) mass is 268 g/mol. The molecule has 1 amide bonds. The van der Waals surface area contributed by atoms with Gasteiger partial charge >= 0.3 is 0 Å². The van der Waals surface area contributed by atoms with Crippen molar-refractivity contribution in [3.63, 3.8) is 0 Å². The Kier molecular flexibility index (Phi) is 5.85. The van der Waals surface area contributed by atoms with Gasteiger partial charge in [-0.15, -0.1) is 0 Å². The fraction of sp³-hybridized carbons (Fsp3) is 0.462. The predicted molar refractivity (Wildman–Crippen MR) is 76.6 cm³/mol. The minimum atomic E-state index is -0.792. The molecular formula is C13H20N2O2S. The van der Waals surface area contributed by atoms with Gasteiger partial charge in [-0.05, 0) is 37.1 Å². The number of carbonyl (C=O) groups is 1. The van der Waals surface area contributed by atoms with Crippen LogP contribution in [0.5, 0.6) is 0 Å². The van der Waals surface area contributed by atoms with E-state index in [1.165, 1.54) is 0 Å². The van der Waals surface area contributed by atoms with Gasteiger partial charge in [-0.1, -0.05) is 0 Å². The summed E-state index contributed by atoms with van der Waals surface area (Å²) in [4.78, 5) is 11.8. The van der Waals surface area contributed by atoms with Crippen molar-refractivity contribution >= 4 is 22.4 Å². The highest BCUT2D eigenvalue weighted by Gasteiger charge is 2.06. The summed E-state index contributed by atoms with van der Waals surface area (Å²) in [7, 11) is 1.06. The van der Waals surface area contributed by atoms with E-state index in [0.717, 1.165) is 17.7 Å². The van der Waals surface area contributed by atoms with Gasteiger partial charge in [0.2, 0.25) is 0 Å². The minimum Gasteiger partial charge on any atom is -0.388 e. The zero-order chi connectivity index (χ0) is 13.5. The van der Waals surface area contributed by atoms with Crippen molar-refractivity contribution in [1.82, 2.24) is 5.32 Å². The average molecular weight is 268 g/mol. The van der Waals surface area contributed by atoms with Crippen molar-refractivity contribution in [3.8, 4) is 0 Å². The Labute approximate surface area is 111 Å². The topological polar surface area (TPSA) is 58.2 Å². The smallest absolute Gasteiger partial charge is 0.251 e. The van der Waals surface area contributed by atoms with Crippen LogP contribution >= 0.6 is 0 Å². The van der Waals surface area contributed by atoms with Gasteiger partial charge in [0.05, 0.1) is 0 Å². The molecule has 5 heteroatoms. The predicted octanol–water partition coefficient (Wildman–Crippen LogP) is 1.54. The highest BCUT2D eigenvalue weighted by Crippen LogP contribution is 2.15. The molecule has 0 aliphatic rings. The zero-order valence-electron chi connectivity index (χ0n) is 11.1. The zero-order valence-corrected chi connectivity index (χ0v) is 11.9. The van der Waals surface area contributed by atoms with Gasteiger partial charge < -0.3 is 10.6 Å². The van der Waals surface area contributed by atoms with E-state index in [1.54, 1.807) is 12.3 Å². The normalized spacial score (nSPS) is 11.9. The molecule has 1 unspecified atom stereocenters. The molecule has 2 N–H and O–H groups in total. The molecule has 18 heavy (non-hydrogen) atoms. The van der Waals surface area contributed by atoms with Gasteiger partial charge in [-0.3, -0.25) is 9.00 Å². The number of hydrogen-bond acceptors (Lipinski definition) is 3. The minimum absolute atomic E-state index is 0.0809. The molecule has 4 nitrogen and oxygen atoms in total. The van der Waals surface area contributed by atoms with Crippen molar-refractivity contribution in [2.24, 2.45) is 0 Å². The maximum absolute atomic E-state index is 11.8. The van der Waals surface area contributed by atoms with Crippen LogP contribution in [0.3, 0.4) is 0 Å². The molecule has 0 aromatic heterocycles. The SMILES string of the molecule is CNc1ccc(C(=O)NCCCS(C)=O)cc1C. The van der Waals surface area contributed by atoms with Crippen LogP contribution in [0.1, 0.15) is 22.3 Å². The first-order valence-corrected chi connectivity index (χ1v) is 7.64. The van der Waals surface area contributed by atoms with Gasteiger partial charge in [-0.25, -0.2) is 0 Å². The summed E-state index contributed by atoms with van der Waals surface area (Å²) in [5.74, 6) is 0.542. The fourth-order valence-corrected chi connectivity index (χ4v) is 2.22. The van der Waals surface area contributed by atoms with Crippen LogP contribution in [-0.2, 0) is 10.8 Å². The second-order valence-corrected chi connectivity index (χ2v) is 5.72. The summed E-state index contributed by atoms with van der Waals surface area (Å²) in [6, 6.07) is 5.55. The van der Waals surface area contributed by atoms with E-state index in [1.807, 2.05) is 26.1 Å². The van der Waals surface area contributed by atoms with E-state index in [0.29, 0.717) is 17.9 Å². The number of benzene rings is 1. The Morgan fingerprint density at radius 3 is 2.67 bits per heavy atom. The summed E-state index contributed by atoms with van der Waals surface area (Å²) in [5.41, 5.74) is 2.72. The molecule has 1 rings (SSSR count). The summed E-state index contributed by atoms with van der Waals surface area (Å²) in [6.07, 6.45) is 2.41. The lowest BCUT2D eigenvalue weighted by Crippen LogP contribution is -2.25. The Hall–Kier alpha value is -1.36. The van der Waals surface area contributed by atoms with Crippen molar-refractivity contribution in [2.45, 2.75) is 13.3 Å². The van der Waals surface area contributed by atoms with E-state index < -0.39 is 10.8 Å². The molecule has 1 atom stereocenters. The first-order chi connectivity index (χ1) is 8.54. The largest absolute Gasteiger partial charge is 0.388 e. The first-order valence-electron chi connectivity index (χ1n) is 5.91. The third-order valence-electron chi connectivity index (χ3n) is 2.65. The lowest BCUT2D eigenvalue weighted by Gasteiger charge is -2.08. The van der Waals surface area contributed by atoms with Gasteiger partial charge in [0, 0.05) is 47.7 Å². The number of aryl methyl sites for hydroxylation is 1. The van der Waals surface area contributed by atoms with Gasteiger partial charge in [0.25, 0.3) is 5.91 Å². The molecule has 0 saturated carbocycles. The van der Waals surface area contributed by atoms with Crippen molar-refractivity contribution in [1.29, 1.82) is 0 Å². The lowest BCUT2D eigenvalue weighted by molar-refractivity contribution is 0.0953. The van der Waals surface area contributed by atoms with Crippen LogP contribution in [0.25, 0.3) is 0 Å². The third-order valence-corrected chi connectivity index (χ3v) is 3.52. The van der Waals surface area contributed by atoms with Crippen LogP contribution in [0.4, 0.5) is 5.69 Å². The van der Waals surface area contributed by atoms with Crippen molar-refractivity contribution < 1.29 is 9.00 Å². The van der Waals surface area contributed by atoms with Crippen LogP contribution < -0.4 is 10.6 Å². The first kappa shape index (κ1) is 14.7. The molecule has 0 bridgehead atoms. The molecule has 0 fully saturated rings. The molecule has 1 aromatic carbocycles. The van der Waals surface area contributed by atoms with Gasteiger partial charge in [0.15, 0.2) is 0 Å². The van der Waals surface area contributed by atoms with Crippen LogP contribution in [0.15, 0.2) is 18.2 Å².